The van der Waals surface area contributed by atoms with Gasteiger partial charge in [0.2, 0.25) is 5.91 Å². The van der Waals surface area contributed by atoms with E-state index in [2.05, 4.69) is 15.3 Å². The van der Waals surface area contributed by atoms with Crippen LogP contribution in [0.2, 0.25) is 0 Å². The van der Waals surface area contributed by atoms with E-state index in [1.807, 2.05) is 26.0 Å². The summed E-state index contributed by atoms with van der Waals surface area (Å²) >= 11 is 0. The molecule has 2 atom stereocenters. The maximum Gasteiger partial charge on any atom is 0.355 e. The molecule has 3 rings (SSSR count). The summed E-state index contributed by atoms with van der Waals surface area (Å²) in [6.07, 6.45) is 0. The fraction of sp³-hybridized carbons (Fsp3) is 0.333. The highest BCUT2D eigenvalue weighted by atomic mass is 16.5. The van der Waals surface area contributed by atoms with Gasteiger partial charge in [-0.15, -0.1) is 0 Å². The van der Waals surface area contributed by atoms with Crippen LogP contribution in [0.3, 0.4) is 0 Å². The second kappa shape index (κ2) is 4.94. The average Bonchev–Trinajstić information content (AvgIpc) is 3.01. The Morgan fingerprint density at radius 3 is 2.64 bits per heavy atom. The highest BCUT2D eigenvalue weighted by molar-refractivity contribution is 6.46. The number of amides is 2. The van der Waals surface area contributed by atoms with E-state index in [-0.39, 0.29) is 5.71 Å². The predicted octanol–water partition coefficient (Wildman–Crippen LogP) is 0.294. The lowest BCUT2D eigenvalue weighted by Gasteiger charge is -2.18. The summed E-state index contributed by atoms with van der Waals surface area (Å²) in [5, 5.41) is 3.78. The van der Waals surface area contributed by atoms with E-state index < -0.39 is 29.7 Å². The molecule has 0 spiro atoms. The number of hydrogen-bond acceptors (Lipinski definition) is 6. The molecule has 2 aliphatic heterocycles. The molecule has 0 saturated carbocycles. The van der Waals surface area contributed by atoms with Crippen LogP contribution in [0.5, 0.6) is 0 Å². The number of imide groups is 1. The summed E-state index contributed by atoms with van der Waals surface area (Å²) < 4.78 is 4.61. The summed E-state index contributed by atoms with van der Waals surface area (Å²) in [4.78, 5) is 38.0. The van der Waals surface area contributed by atoms with Gasteiger partial charge in [-0.25, -0.2) is 9.69 Å². The number of methoxy groups -OCH3 is 1. The molecule has 7 heteroatoms. The number of anilines is 1. The number of aryl methyl sites for hydroxylation is 2. The Hall–Kier alpha value is -2.70. The lowest BCUT2D eigenvalue weighted by atomic mass is 9.99. The zero-order chi connectivity index (χ0) is 16.0. The van der Waals surface area contributed by atoms with Crippen molar-refractivity contribution in [2.45, 2.75) is 19.9 Å². The fourth-order valence-corrected chi connectivity index (χ4v) is 2.86. The number of ether oxygens (including phenoxy) is 1. The van der Waals surface area contributed by atoms with E-state index >= 15 is 0 Å². The van der Waals surface area contributed by atoms with E-state index in [1.165, 1.54) is 7.11 Å². The van der Waals surface area contributed by atoms with E-state index in [9.17, 15) is 14.4 Å². The molecular formula is C15H15N3O4. The topological polar surface area (TPSA) is 88.1 Å². The number of benzene rings is 1. The SMILES string of the molecule is COC(=O)C1=NN[C@@H]2C(=O)N(c3ccc(C)cc3C)C(=O)[C@@H]12. The van der Waals surface area contributed by atoms with Crippen LogP contribution in [0.15, 0.2) is 23.3 Å². The van der Waals surface area contributed by atoms with E-state index in [1.54, 1.807) is 6.07 Å². The van der Waals surface area contributed by atoms with Crippen molar-refractivity contribution < 1.29 is 19.1 Å². The van der Waals surface area contributed by atoms with Gasteiger partial charge >= 0.3 is 5.97 Å². The average molecular weight is 301 g/mol. The molecule has 2 aliphatic rings. The molecule has 1 aromatic carbocycles. The van der Waals surface area contributed by atoms with Crippen LogP contribution < -0.4 is 10.3 Å². The number of rotatable bonds is 2. The molecule has 0 unspecified atom stereocenters. The van der Waals surface area contributed by atoms with Crippen LogP contribution in [0.1, 0.15) is 11.1 Å². The van der Waals surface area contributed by atoms with E-state index in [0.717, 1.165) is 16.0 Å². The van der Waals surface area contributed by atoms with Crippen molar-refractivity contribution in [1.29, 1.82) is 0 Å². The third-order valence-electron chi connectivity index (χ3n) is 3.91. The maximum atomic E-state index is 12.6. The van der Waals surface area contributed by atoms with Crippen LogP contribution in [-0.4, -0.2) is 36.6 Å². The molecule has 2 heterocycles. The number of hydrazone groups is 1. The van der Waals surface area contributed by atoms with Crippen molar-refractivity contribution in [3.63, 3.8) is 0 Å². The monoisotopic (exact) mass is 301 g/mol. The number of carbonyl (C=O) groups excluding carboxylic acids is 3. The molecule has 1 aromatic rings. The molecule has 1 N–H and O–H groups in total. The zero-order valence-electron chi connectivity index (χ0n) is 12.4. The lowest BCUT2D eigenvalue weighted by Crippen LogP contribution is -2.36. The lowest BCUT2D eigenvalue weighted by molar-refractivity contribution is -0.133. The number of hydrogen-bond donors (Lipinski definition) is 1. The van der Waals surface area contributed by atoms with E-state index in [0.29, 0.717) is 5.69 Å². The van der Waals surface area contributed by atoms with Gasteiger partial charge in [0.05, 0.1) is 12.8 Å². The minimum absolute atomic E-state index is 0.0573. The van der Waals surface area contributed by atoms with Crippen LogP contribution >= 0.6 is 0 Å². The molecule has 0 aliphatic carbocycles. The van der Waals surface area contributed by atoms with Gasteiger partial charge in [0.1, 0.15) is 12.0 Å². The van der Waals surface area contributed by atoms with Gasteiger partial charge in [-0.1, -0.05) is 17.7 Å². The molecule has 1 saturated heterocycles. The summed E-state index contributed by atoms with van der Waals surface area (Å²) in [6, 6.07) is 4.62. The van der Waals surface area contributed by atoms with Crippen LogP contribution in [0.4, 0.5) is 5.69 Å². The van der Waals surface area contributed by atoms with Gasteiger partial charge < -0.3 is 4.74 Å². The van der Waals surface area contributed by atoms with Crippen LogP contribution in [0.25, 0.3) is 0 Å². The first kappa shape index (κ1) is 14.2. The minimum atomic E-state index is -0.930. The van der Waals surface area contributed by atoms with Crippen molar-refractivity contribution >= 4 is 29.2 Å². The zero-order valence-corrected chi connectivity index (χ0v) is 12.4. The smallest absolute Gasteiger partial charge is 0.355 e. The molecule has 2 amide bonds. The van der Waals surface area contributed by atoms with Crippen molar-refractivity contribution in [3.8, 4) is 0 Å². The predicted molar refractivity (Wildman–Crippen MR) is 78.3 cm³/mol. The van der Waals surface area contributed by atoms with Crippen LogP contribution in [-0.2, 0) is 19.1 Å². The van der Waals surface area contributed by atoms with Crippen molar-refractivity contribution in [1.82, 2.24) is 5.43 Å². The Balaban J connectivity index is 2.00. The van der Waals surface area contributed by atoms with E-state index in [4.69, 9.17) is 0 Å². The highest BCUT2D eigenvalue weighted by Crippen LogP contribution is 2.32. The third-order valence-corrected chi connectivity index (χ3v) is 3.91. The number of nitrogens with zero attached hydrogens (tertiary/aromatic N) is 2. The van der Waals surface area contributed by atoms with Gasteiger partial charge in [0.15, 0.2) is 5.71 Å². The summed E-state index contributed by atoms with van der Waals surface area (Å²) in [5.74, 6) is -2.51. The largest absolute Gasteiger partial charge is 0.464 e. The molecule has 7 nitrogen and oxygen atoms in total. The molecular weight excluding hydrogens is 286 g/mol. The van der Waals surface area contributed by atoms with Gasteiger partial charge in [-0.05, 0) is 25.5 Å². The highest BCUT2D eigenvalue weighted by Gasteiger charge is 2.55. The quantitative estimate of drug-likeness (QED) is 0.627. The number of nitrogens with one attached hydrogen (secondary N) is 1. The molecule has 0 aromatic heterocycles. The van der Waals surface area contributed by atoms with Gasteiger partial charge in [-0.2, -0.15) is 5.10 Å². The summed E-state index contributed by atoms with van der Waals surface area (Å²) in [6.45, 7) is 3.77. The Morgan fingerprint density at radius 1 is 1.27 bits per heavy atom. The third kappa shape index (κ3) is 1.89. The standard InChI is InChI=1S/C15H15N3O4/c1-7-4-5-9(8(2)6-7)18-13(19)10-11(14(18)20)16-17-12(10)15(21)22-3/h4-6,10-11,16H,1-3H3/t10-,11+/m1/s1. The summed E-state index contributed by atoms with van der Waals surface area (Å²) in [7, 11) is 1.21. The molecule has 114 valence electrons. The number of esters is 1. The maximum absolute atomic E-state index is 12.6. The molecule has 22 heavy (non-hydrogen) atoms. The summed E-state index contributed by atoms with van der Waals surface area (Å²) in [5.41, 5.74) is 4.90. The Morgan fingerprint density at radius 2 is 2.00 bits per heavy atom. The first-order chi connectivity index (χ1) is 10.5. The first-order valence-corrected chi connectivity index (χ1v) is 6.82. The number of fused-ring (bicyclic) bond motifs is 1. The fourth-order valence-electron chi connectivity index (χ4n) is 2.86. The first-order valence-electron chi connectivity index (χ1n) is 6.82. The minimum Gasteiger partial charge on any atom is -0.464 e. The Kier molecular flexibility index (Phi) is 3.20. The van der Waals surface area contributed by atoms with Gasteiger partial charge in [-0.3, -0.25) is 15.0 Å². The van der Waals surface area contributed by atoms with Gasteiger partial charge in [0.25, 0.3) is 5.91 Å². The Bertz CT molecular complexity index is 725. The second-order valence-electron chi connectivity index (χ2n) is 5.37. The van der Waals surface area contributed by atoms with Crippen molar-refractivity contribution in [2.75, 3.05) is 12.0 Å². The molecule has 1 fully saturated rings. The normalized spacial score (nSPS) is 23.2. The van der Waals surface area contributed by atoms with Crippen molar-refractivity contribution in [2.24, 2.45) is 11.0 Å². The molecule has 0 bridgehead atoms. The second-order valence-corrected chi connectivity index (χ2v) is 5.37. The Labute approximate surface area is 126 Å². The van der Waals surface area contributed by atoms with Crippen molar-refractivity contribution in [3.05, 3.63) is 29.3 Å². The van der Waals surface area contributed by atoms with Crippen LogP contribution in [0, 0.1) is 19.8 Å². The number of carbonyl (C=O) groups is 3. The van der Waals surface area contributed by atoms with Gasteiger partial charge in [0, 0.05) is 0 Å². The molecule has 0 radical (unpaired) electrons.